The molecule has 0 radical (unpaired) electrons. The second kappa shape index (κ2) is 4.22. The molecule has 0 amide bonds. The summed E-state index contributed by atoms with van der Waals surface area (Å²) in [4.78, 5) is 12.9. The van der Waals surface area contributed by atoms with E-state index in [9.17, 15) is 4.79 Å². The molecule has 1 aromatic heterocycles. The zero-order valence-electron chi connectivity index (χ0n) is 10.2. The highest BCUT2D eigenvalue weighted by molar-refractivity contribution is 5.92. The van der Waals surface area contributed by atoms with Crippen molar-refractivity contribution in [1.29, 1.82) is 0 Å². The number of aryl methyl sites for hydroxylation is 1. The molecule has 0 bridgehead atoms. The number of hydrogen-bond acceptors (Lipinski definition) is 3. The molecule has 0 saturated heterocycles. The fraction of sp³-hybridized carbons (Fsp3) is 0.308. The van der Waals surface area contributed by atoms with Gasteiger partial charge in [-0.2, -0.15) is 0 Å². The van der Waals surface area contributed by atoms with Gasteiger partial charge in [0.2, 0.25) is 5.76 Å². The first-order chi connectivity index (χ1) is 7.97. The molecule has 0 aliphatic carbocycles. The van der Waals surface area contributed by atoms with E-state index in [1.807, 2.05) is 38.1 Å². The van der Waals surface area contributed by atoms with Gasteiger partial charge in [0.25, 0.3) is 0 Å². The van der Waals surface area contributed by atoms with Crippen LogP contribution in [0.5, 0.6) is 0 Å². The van der Waals surface area contributed by atoms with Gasteiger partial charge in [-0.15, -0.1) is 0 Å². The molecule has 2 aromatic rings. The topological polar surface area (TPSA) is 53.7 Å². The van der Waals surface area contributed by atoms with Crippen molar-refractivity contribution < 1.29 is 14.3 Å². The molecule has 0 saturated carbocycles. The molecule has 90 valence electrons. The van der Waals surface area contributed by atoms with Gasteiger partial charge in [-0.05, 0) is 38.7 Å². The number of carboxylic acid groups (broad SMARTS) is 1. The third-order valence-electron chi connectivity index (χ3n) is 2.53. The number of aromatic carboxylic acids is 1. The number of fused-ring (bicyclic) bond motifs is 1. The average Bonchev–Trinajstić information content (AvgIpc) is 2.60. The Kier molecular flexibility index (Phi) is 2.90. The Morgan fingerprint density at radius 1 is 1.35 bits per heavy atom. The minimum atomic E-state index is -1.03. The first-order valence-corrected chi connectivity index (χ1v) is 5.38. The molecule has 1 heterocycles. The highest BCUT2D eigenvalue weighted by Crippen LogP contribution is 2.25. The van der Waals surface area contributed by atoms with Crippen molar-refractivity contribution in [2.75, 3.05) is 14.1 Å². The third-order valence-corrected chi connectivity index (χ3v) is 2.53. The zero-order valence-corrected chi connectivity index (χ0v) is 10.2. The van der Waals surface area contributed by atoms with E-state index in [0.717, 1.165) is 23.1 Å². The maximum Gasteiger partial charge on any atom is 0.371 e. The summed E-state index contributed by atoms with van der Waals surface area (Å²) in [6.07, 6.45) is 0. The van der Waals surface area contributed by atoms with Crippen molar-refractivity contribution in [3.63, 3.8) is 0 Å². The van der Waals surface area contributed by atoms with Crippen LogP contribution in [0.1, 0.15) is 21.7 Å². The average molecular weight is 233 g/mol. The quantitative estimate of drug-likeness (QED) is 0.885. The number of hydrogen-bond donors (Lipinski definition) is 1. The van der Waals surface area contributed by atoms with E-state index in [0.29, 0.717) is 5.58 Å². The molecule has 17 heavy (non-hydrogen) atoms. The van der Waals surface area contributed by atoms with Crippen LogP contribution in [0.25, 0.3) is 11.0 Å². The van der Waals surface area contributed by atoms with Crippen molar-refractivity contribution >= 4 is 16.9 Å². The molecule has 1 aromatic carbocycles. The van der Waals surface area contributed by atoms with Gasteiger partial charge in [-0.3, -0.25) is 0 Å². The summed E-state index contributed by atoms with van der Waals surface area (Å²) in [6.45, 7) is 2.72. The molecule has 0 spiro atoms. The lowest BCUT2D eigenvalue weighted by Gasteiger charge is -2.10. The molecular weight excluding hydrogens is 218 g/mol. The lowest BCUT2D eigenvalue weighted by molar-refractivity contribution is 0.0665. The van der Waals surface area contributed by atoms with Gasteiger partial charge in [-0.25, -0.2) is 4.79 Å². The maximum absolute atomic E-state index is 10.9. The van der Waals surface area contributed by atoms with Crippen molar-refractivity contribution in [3.8, 4) is 0 Å². The van der Waals surface area contributed by atoms with Crippen LogP contribution in [0.2, 0.25) is 0 Å². The molecule has 0 atom stereocenters. The second-order valence-electron chi connectivity index (χ2n) is 4.50. The van der Waals surface area contributed by atoms with E-state index in [1.54, 1.807) is 6.07 Å². The van der Waals surface area contributed by atoms with Crippen LogP contribution >= 0.6 is 0 Å². The fourth-order valence-corrected chi connectivity index (χ4v) is 1.95. The Morgan fingerprint density at radius 3 is 2.65 bits per heavy atom. The van der Waals surface area contributed by atoms with Gasteiger partial charge in [0, 0.05) is 17.5 Å². The monoisotopic (exact) mass is 233 g/mol. The van der Waals surface area contributed by atoms with Gasteiger partial charge in [0.15, 0.2) is 0 Å². The molecule has 2 rings (SSSR count). The number of carboxylic acids is 1. The smallest absolute Gasteiger partial charge is 0.371 e. The summed E-state index contributed by atoms with van der Waals surface area (Å²) in [6, 6.07) is 5.53. The summed E-state index contributed by atoms with van der Waals surface area (Å²) in [7, 11) is 3.93. The molecule has 1 N–H and O–H groups in total. The number of benzene rings is 1. The van der Waals surface area contributed by atoms with Crippen LogP contribution in [-0.4, -0.2) is 30.1 Å². The van der Waals surface area contributed by atoms with Crippen LogP contribution in [0.3, 0.4) is 0 Å². The maximum atomic E-state index is 10.9. The van der Waals surface area contributed by atoms with Gasteiger partial charge in [-0.1, -0.05) is 6.07 Å². The number of furan rings is 1. The van der Waals surface area contributed by atoms with Crippen LogP contribution in [0.4, 0.5) is 0 Å². The Labute approximate surface area is 99.4 Å². The molecule has 0 unspecified atom stereocenters. The number of rotatable bonds is 3. The van der Waals surface area contributed by atoms with Crippen LogP contribution in [0.15, 0.2) is 22.6 Å². The van der Waals surface area contributed by atoms with E-state index < -0.39 is 5.97 Å². The van der Waals surface area contributed by atoms with E-state index in [-0.39, 0.29) is 5.76 Å². The van der Waals surface area contributed by atoms with Crippen molar-refractivity contribution in [1.82, 2.24) is 4.90 Å². The minimum Gasteiger partial charge on any atom is -0.475 e. The predicted molar refractivity (Wildman–Crippen MR) is 65.3 cm³/mol. The highest BCUT2D eigenvalue weighted by Gasteiger charge is 2.14. The van der Waals surface area contributed by atoms with E-state index in [1.165, 1.54) is 0 Å². The zero-order chi connectivity index (χ0) is 12.6. The SMILES string of the molecule is Cc1cc(CN(C)C)c2oc(C(=O)O)cc2c1. The fourth-order valence-electron chi connectivity index (χ4n) is 1.95. The summed E-state index contributed by atoms with van der Waals surface area (Å²) in [5.41, 5.74) is 2.78. The van der Waals surface area contributed by atoms with Crippen LogP contribution in [0, 0.1) is 6.92 Å². The third kappa shape index (κ3) is 2.31. The van der Waals surface area contributed by atoms with Gasteiger partial charge < -0.3 is 14.4 Å². The first kappa shape index (κ1) is 11.7. The van der Waals surface area contributed by atoms with Gasteiger partial charge in [0.05, 0.1) is 0 Å². The number of nitrogens with zero attached hydrogens (tertiary/aromatic N) is 1. The minimum absolute atomic E-state index is 0.00870. The normalized spacial score (nSPS) is 11.3. The first-order valence-electron chi connectivity index (χ1n) is 5.38. The lowest BCUT2D eigenvalue weighted by atomic mass is 10.1. The summed E-state index contributed by atoms with van der Waals surface area (Å²) in [5, 5.41) is 9.77. The Bertz CT molecular complexity index is 569. The van der Waals surface area contributed by atoms with Crippen molar-refractivity contribution in [2.45, 2.75) is 13.5 Å². The Morgan fingerprint density at radius 2 is 2.06 bits per heavy atom. The van der Waals surface area contributed by atoms with Gasteiger partial charge >= 0.3 is 5.97 Å². The van der Waals surface area contributed by atoms with Crippen molar-refractivity contribution in [2.24, 2.45) is 0 Å². The molecular formula is C13H15NO3. The van der Waals surface area contributed by atoms with Gasteiger partial charge in [0.1, 0.15) is 5.58 Å². The molecule has 0 aliphatic rings. The Balaban J connectivity index is 2.61. The molecule has 0 fully saturated rings. The molecule has 0 aliphatic heterocycles. The second-order valence-corrected chi connectivity index (χ2v) is 4.50. The highest BCUT2D eigenvalue weighted by atomic mass is 16.4. The summed E-state index contributed by atoms with van der Waals surface area (Å²) >= 11 is 0. The van der Waals surface area contributed by atoms with E-state index in [2.05, 4.69) is 0 Å². The Hall–Kier alpha value is -1.81. The van der Waals surface area contributed by atoms with E-state index in [4.69, 9.17) is 9.52 Å². The summed E-state index contributed by atoms with van der Waals surface area (Å²) < 4.78 is 5.39. The predicted octanol–water partition coefficient (Wildman–Crippen LogP) is 2.50. The summed E-state index contributed by atoms with van der Waals surface area (Å²) in [5.74, 6) is -1.04. The largest absolute Gasteiger partial charge is 0.475 e. The van der Waals surface area contributed by atoms with Crippen LogP contribution in [-0.2, 0) is 6.54 Å². The lowest BCUT2D eigenvalue weighted by Crippen LogP contribution is -2.10. The standard InChI is InChI=1S/C13H15NO3/c1-8-4-9-6-11(13(15)16)17-12(9)10(5-8)7-14(2)3/h4-6H,7H2,1-3H3,(H,15,16). The van der Waals surface area contributed by atoms with Crippen LogP contribution < -0.4 is 0 Å². The molecule has 4 nitrogen and oxygen atoms in total. The number of carbonyl (C=O) groups is 1. The molecule has 4 heteroatoms. The van der Waals surface area contributed by atoms with E-state index >= 15 is 0 Å². The van der Waals surface area contributed by atoms with Crippen molar-refractivity contribution in [3.05, 3.63) is 35.1 Å².